The van der Waals surface area contributed by atoms with Gasteiger partial charge >= 0.3 is 5.97 Å². The molecule has 0 N–H and O–H groups in total. The van der Waals surface area contributed by atoms with Crippen LogP contribution in [0.5, 0.6) is 0 Å². The first-order valence-electron chi connectivity index (χ1n) is 4.74. The Morgan fingerprint density at radius 3 is 2.93 bits per heavy atom. The maximum Gasteiger partial charge on any atom is 0.309 e. The average molecular weight is 192 g/mol. The Labute approximate surface area is 82.3 Å². The number of esters is 1. The van der Waals surface area contributed by atoms with Gasteiger partial charge in [-0.15, -0.1) is 0 Å². The minimum Gasteiger partial charge on any atom is -0.466 e. The molecule has 4 nitrogen and oxygen atoms in total. The van der Waals surface area contributed by atoms with E-state index in [0.717, 1.165) is 12.0 Å². The third kappa shape index (κ3) is 1.73. The molecule has 1 unspecified atom stereocenters. The van der Waals surface area contributed by atoms with Crippen molar-refractivity contribution in [2.45, 2.75) is 19.3 Å². The summed E-state index contributed by atoms with van der Waals surface area (Å²) in [6.07, 6.45) is 5.88. The Balaban J connectivity index is 1.96. The highest BCUT2D eigenvalue weighted by atomic mass is 16.5. The molecule has 1 saturated carbocycles. The maximum atomic E-state index is 11.3. The summed E-state index contributed by atoms with van der Waals surface area (Å²) in [6, 6.07) is 0. The minimum atomic E-state index is -0.0960. The van der Waals surface area contributed by atoms with Crippen molar-refractivity contribution in [1.29, 1.82) is 0 Å². The van der Waals surface area contributed by atoms with E-state index in [2.05, 4.69) is 9.97 Å². The van der Waals surface area contributed by atoms with E-state index in [-0.39, 0.29) is 17.8 Å². The number of hydrogen-bond donors (Lipinski definition) is 0. The Morgan fingerprint density at radius 1 is 1.57 bits per heavy atom. The molecule has 0 amide bonds. The molecule has 2 rings (SSSR count). The fourth-order valence-corrected chi connectivity index (χ4v) is 1.58. The lowest BCUT2D eigenvalue weighted by molar-refractivity contribution is -0.144. The van der Waals surface area contributed by atoms with Crippen LogP contribution in [0.2, 0.25) is 0 Å². The monoisotopic (exact) mass is 192 g/mol. The summed E-state index contributed by atoms with van der Waals surface area (Å²) in [7, 11) is 0. The van der Waals surface area contributed by atoms with Gasteiger partial charge in [-0.3, -0.25) is 4.79 Å². The molecule has 0 bridgehead atoms. The summed E-state index contributed by atoms with van der Waals surface area (Å²) in [4.78, 5) is 19.2. The molecule has 0 saturated heterocycles. The van der Waals surface area contributed by atoms with E-state index in [9.17, 15) is 4.79 Å². The molecular weight excluding hydrogens is 180 g/mol. The van der Waals surface area contributed by atoms with Gasteiger partial charge in [-0.05, 0) is 18.9 Å². The average Bonchev–Trinajstić information content (AvgIpc) is 2.99. The van der Waals surface area contributed by atoms with E-state index in [1.807, 2.05) is 6.92 Å². The molecule has 1 fully saturated rings. The van der Waals surface area contributed by atoms with Crippen LogP contribution in [0.3, 0.4) is 0 Å². The normalized spacial score (nSPS) is 24.4. The SMILES string of the molecule is CCOC(=O)[C@H]1CC1c1cncnc1. The minimum absolute atomic E-state index is 0.0287. The van der Waals surface area contributed by atoms with Crippen LogP contribution in [0.25, 0.3) is 0 Å². The third-order valence-corrected chi connectivity index (χ3v) is 2.39. The zero-order valence-electron chi connectivity index (χ0n) is 8.01. The van der Waals surface area contributed by atoms with Crippen LogP contribution in [0.4, 0.5) is 0 Å². The number of nitrogens with zero attached hydrogens (tertiary/aromatic N) is 2. The molecule has 0 aromatic carbocycles. The van der Waals surface area contributed by atoms with Gasteiger partial charge in [0, 0.05) is 18.3 Å². The second-order valence-corrected chi connectivity index (χ2v) is 3.37. The predicted octanol–water partition coefficient (Wildman–Crippen LogP) is 1.14. The number of carbonyl (C=O) groups excluding carboxylic acids is 1. The molecule has 0 aliphatic heterocycles. The highest BCUT2D eigenvalue weighted by Crippen LogP contribution is 2.47. The number of ether oxygens (including phenoxy) is 1. The van der Waals surface area contributed by atoms with Crippen LogP contribution in [-0.2, 0) is 9.53 Å². The number of hydrogen-bond acceptors (Lipinski definition) is 4. The van der Waals surface area contributed by atoms with Crippen molar-refractivity contribution < 1.29 is 9.53 Å². The smallest absolute Gasteiger partial charge is 0.309 e. The van der Waals surface area contributed by atoms with Crippen molar-refractivity contribution in [1.82, 2.24) is 9.97 Å². The van der Waals surface area contributed by atoms with Gasteiger partial charge in [0.25, 0.3) is 0 Å². The molecule has 1 aromatic heterocycles. The Hall–Kier alpha value is -1.45. The van der Waals surface area contributed by atoms with E-state index >= 15 is 0 Å². The van der Waals surface area contributed by atoms with Gasteiger partial charge in [-0.25, -0.2) is 9.97 Å². The quantitative estimate of drug-likeness (QED) is 0.674. The van der Waals surface area contributed by atoms with Crippen LogP contribution in [0.15, 0.2) is 18.7 Å². The molecule has 2 atom stereocenters. The van der Waals surface area contributed by atoms with Crippen molar-refractivity contribution in [3.05, 3.63) is 24.3 Å². The van der Waals surface area contributed by atoms with Gasteiger partial charge < -0.3 is 4.74 Å². The first-order valence-corrected chi connectivity index (χ1v) is 4.74. The van der Waals surface area contributed by atoms with E-state index in [0.29, 0.717) is 6.61 Å². The van der Waals surface area contributed by atoms with Gasteiger partial charge in [0.1, 0.15) is 6.33 Å². The lowest BCUT2D eigenvalue weighted by atomic mass is 10.2. The zero-order valence-corrected chi connectivity index (χ0v) is 8.01. The Bertz CT molecular complexity index is 326. The zero-order chi connectivity index (χ0) is 9.97. The lowest BCUT2D eigenvalue weighted by Gasteiger charge is -1.99. The summed E-state index contributed by atoms with van der Waals surface area (Å²) >= 11 is 0. The molecule has 74 valence electrons. The van der Waals surface area contributed by atoms with Crippen molar-refractivity contribution in [2.75, 3.05) is 6.61 Å². The lowest BCUT2D eigenvalue weighted by Crippen LogP contribution is -2.07. The largest absolute Gasteiger partial charge is 0.466 e. The van der Waals surface area contributed by atoms with Gasteiger partial charge in [0.15, 0.2) is 0 Å². The predicted molar refractivity (Wildman–Crippen MR) is 49.5 cm³/mol. The summed E-state index contributed by atoms with van der Waals surface area (Å²) < 4.78 is 4.94. The molecule has 1 aliphatic rings. The van der Waals surface area contributed by atoms with Gasteiger partial charge in [0.05, 0.1) is 12.5 Å². The molecule has 0 radical (unpaired) electrons. The molecule has 1 aliphatic carbocycles. The van der Waals surface area contributed by atoms with Crippen LogP contribution in [0, 0.1) is 5.92 Å². The molecule has 1 heterocycles. The number of rotatable bonds is 3. The van der Waals surface area contributed by atoms with E-state index in [1.54, 1.807) is 12.4 Å². The summed E-state index contributed by atoms with van der Waals surface area (Å²) in [6.45, 7) is 2.27. The number of aromatic nitrogens is 2. The summed E-state index contributed by atoms with van der Waals surface area (Å²) in [5.74, 6) is 0.206. The van der Waals surface area contributed by atoms with Gasteiger partial charge in [-0.2, -0.15) is 0 Å². The van der Waals surface area contributed by atoms with Crippen molar-refractivity contribution in [2.24, 2.45) is 5.92 Å². The van der Waals surface area contributed by atoms with E-state index < -0.39 is 0 Å². The third-order valence-electron chi connectivity index (χ3n) is 2.39. The van der Waals surface area contributed by atoms with Gasteiger partial charge in [0.2, 0.25) is 0 Å². The fourth-order valence-electron chi connectivity index (χ4n) is 1.58. The first-order chi connectivity index (χ1) is 6.83. The summed E-state index contributed by atoms with van der Waals surface area (Å²) in [5, 5.41) is 0. The van der Waals surface area contributed by atoms with Crippen LogP contribution in [0.1, 0.15) is 24.8 Å². The second-order valence-electron chi connectivity index (χ2n) is 3.37. The Morgan fingerprint density at radius 2 is 2.29 bits per heavy atom. The van der Waals surface area contributed by atoms with Crippen LogP contribution >= 0.6 is 0 Å². The molecule has 14 heavy (non-hydrogen) atoms. The van der Waals surface area contributed by atoms with Crippen molar-refractivity contribution >= 4 is 5.97 Å². The molecule has 1 aromatic rings. The van der Waals surface area contributed by atoms with Crippen molar-refractivity contribution in [3.8, 4) is 0 Å². The van der Waals surface area contributed by atoms with Crippen molar-refractivity contribution in [3.63, 3.8) is 0 Å². The maximum absolute atomic E-state index is 11.3. The van der Waals surface area contributed by atoms with Crippen LogP contribution in [-0.4, -0.2) is 22.5 Å². The highest BCUT2D eigenvalue weighted by Gasteiger charge is 2.45. The standard InChI is InChI=1S/C10H12N2O2/c1-2-14-10(13)9-3-8(9)7-4-11-6-12-5-7/h4-6,8-9H,2-3H2,1H3/t8?,9-/m0/s1. The van der Waals surface area contributed by atoms with E-state index in [1.165, 1.54) is 6.33 Å². The molecular formula is C10H12N2O2. The van der Waals surface area contributed by atoms with Gasteiger partial charge in [-0.1, -0.05) is 0 Å². The fraction of sp³-hybridized carbons (Fsp3) is 0.500. The van der Waals surface area contributed by atoms with E-state index in [4.69, 9.17) is 4.74 Å². The van der Waals surface area contributed by atoms with Crippen LogP contribution < -0.4 is 0 Å². The molecule has 0 spiro atoms. The second kappa shape index (κ2) is 3.74. The Kier molecular flexibility index (Phi) is 2.43. The number of carbonyl (C=O) groups is 1. The topological polar surface area (TPSA) is 52.1 Å². The molecule has 4 heteroatoms. The summed E-state index contributed by atoms with van der Waals surface area (Å²) in [5.41, 5.74) is 1.03. The highest BCUT2D eigenvalue weighted by molar-refractivity contribution is 5.77. The first kappa shape index (κ1) is 9.12.